The molecule has 7 nitrogen and oxygen atoms in total. The predicted octanol–water partition coefficient (Wildman–Crippen LogP) is 4.76. The number of nitrogens with zero attached hydrogens (tertiary/aromatic N) is 2. The van der Waals surface area contributed by atoms with Gasteiger partial charge in [0, 0.05) is 22.8 Å². The molecule has 0 unspecified atom stereocenters. The van der Waals surface area contributed by atoms with E-state index >= 15 is 0 Å². The Labute approximate surface area is 203 Å². The standard InChI is InChI=1S/C28H26N2O5/c1-17-15-20(18(2)29(17)24-14-10-9-13-22(24)27(32)34-4)16-23-25(28(33)35-5)19(3)30(26(23)31)21-11-7-6-8-12-21/h6-16H,1-5H3/b23-16-. The van der Waals surface area contributed by atoms with Crippen molar-refractivity contribution < 1.29 is 23.9 Å². The van der Waals surface area contributed by atoms with E-state index in [1.54, 1.807) is 25.1 Å². The van der Waals surface area contributed by atoms with Gasteiger partial charge in [0.15, 0.2) is 0 Å². The molecule has 0 saturated carbocycles. The molecule has 2 heterocycles. The van der Waals surface area contributed by atoms with Crippen LogP contribution < -0.4 is 4.90 Å². The van der Waals surface area contributed by atoms with Gasteiger partial charge in [0.2, 0.25) is 0 Å². The molecular weight excluding hydrogens is 444 g/mol. The summed E-state index contributed by atoms with van der Waals surface area (Å²) >= 11 is 0. The lowest BCUT2D eigenvalue weighted by atomic mass is 10.0. The summed E-state index contributed by atoms with van der Waals surface area (Å²) < 4.78 is 11.9. The van der Waals surface area contributed by atoms with Crippen LogP contribution in [0.15, 0.2) is 77.5 Å². The second-order valence-corrected chi connectivity index (χ2v) is 8.16. The Bertz CT molecular complexity index is 1400. The maximum Gasteiger partial charge on any atom is 0.340 e. The van der Waals surface area contributed by atoms with E-state index in [0.717, 1.165) is 17.0 Å². The first-order valence-corrected chi connectivity index (χ1v) is 11.1. The van der Waals surface area contributed by atoms with Crippen molar-refractivity contribution in [3.63, 3.8) is 0 Å². The first kappa shape index (κ1) is 23.8. The SMILES string of the molecule is COC(=O)C1=C(C)N(c2ccccc2)C(=O)/C1=C\c1cc(C)n(-c2ccccc2C(=O)OC)c1C. The molecule has 1 aromatic heterocycles. The zero-order chi connectivity index (χ0) is 25.3. The molecule has 0 saturated heterocycles. The van der Waals surface area contributed by atoms with E-state index in [-0.39, 0.29) is 17.1 Å². The van der Waals surface area contributed by atoms with Gasteiger partial charge in [-0.3, -0.25) is 9.69 Å². The molecule has 3 aromatic rings. The Kier molecular flexibility index (Phi) is 6.42. The summed E-state index contributed by atoms with van der Waals surface area (Å²) in [5.74, 6) is -1.33. The minimum absolute atomic E-state index is 0.223. The number of carbonyl (C=O) groups is 3. The van der Waals surface area contributed by atoms with E-state index in [0.29, 0.717) is 22.6 Å². The van der Waals surface area contributed by atoms with Gasteiger partial charge in [0.05, 0.1) is 36.6 Å². The van der Waals surface area contributed by atoms with Crippen LogP contribution in [-0.2, 0) is 19.1 Å². The normalized spacial score (nSPS) is 14.6. The third kappa shape index (κ3) is 4.05. The molecule has 7 heteroatoms. The van der Waals surface area contributed by atoms with Crippen LogP contribution in [0.3, 0.4) is 0 Å². The fourth-order valence-corrected chi connectivity index (χ4v) is 4.48. The molecule has 0 bridgehead atoms. The number of benzene rings is 2. The molecule has 4 rings (SSSR count). The number of anilines is 1. The maximum absolute atomic E-state index is 13.5. The molecule has 0 atom stereocenters. The van der Waals surface area contributed by atoms with Crippen LogP contribution in [0.5, 0.6) is 0 Å². The molecule has 0 spiro atoms. The lowest BCUT2D eigenvalue weighted by Crippen LogP contribution is -2.24. The van der Waals surface area contributed by atoms with Crippen LogP contribution >= 0.6 is 0 Å². The summed E-state index contributed by atoms with van der Waals surface area (Å²) in [6, 6.07) is 18.2. The number of aromatic nitrogens is 1. The van der Waals surface area contributed by atoms with Crippen LogP contribution in [0.4, 0.5) is 5.69 Å². The zero-order valence-electron chi connectivity index (χ0n) is 20.3. The van der Waals surface area contributed by atoms with Crippen LogP contribution in [0, 0.1) is 13.8 Å². The smallest absolute Gasteiger partial charge is 0.340 e. The van der Waals surface area contributed by atoms with Crippen molar-refractivity contribution in [1.82, 2.24) is 4.57 Å². The van der Waals surface area contributed by atoms with E-state index in [1.165, 1.54) is 19.1 Å². The van der Waals surface area contributed by atoms with Crippen LogP contribution in [0.1, 0.15) is 34.2 Å². The van der Waals surface area contributed by atoms with Gasteiger partial charge in [-0.2, -0.15) is 0 Å². The Morgan fingerprint density at radius 1 is 0.857 bits per heavy atom. The van der Waals surface area contributed by atoms with Crippen molar-refractivity contribution in [3.05, 3.63) is 100 Å². The number of allylic oxidation sites excluding steroid dienone is 1. The lowest BCUT2D eigenvalue weighted by Gasteiger charge is -2.17. The van der Waals surface area contributed by atoms with E-state index in [1.807, 2.05) is 66.9 Å². The second kappa shape index (κ2) is 9.46. The molecule has 1 amide bonds. The average molecular weight is 471 g/mol. The van der Waals surface area contributed by atoms with Gasteiger partial charge in [-0.15, -0.1) is 0 Å². The minimum Gasteiger partial charge on any atom is -0.465 e. The highest BCUT2D eigenvalue weighted by molar-refractivity contribution is 6.23. The monoisotopic (exact) mass is 470 g/mol. The molecule has 0 fully saturated rings. The largest absolute Gasteiger partial charge is 0.465 e. The summed E-state index contributed by atoms with van der Waals surface area (Å²) in [6.07, 6.45) is 1.71. The quantitative estimate of drug-likeness (QED) is 0.397. The molecule has 1 aliphatic rings. The Morgan fingerprint density at radius 3 is 2.14 bits per heavy atom. The predicted molar refractivity (Wildman–Crippen MR) is 133 cm³/mol. The number of aryl methyl sites for hydroxylation is 1. The van der Waals surface area contributed by atoms with Crippen molar-refractivity contribution in [2.24, 2.45) is 0 Å². The first-order chi connectivity index (χ1) is 16.8. The molecule has 178 valence electrons. The molecule has 1 aliphatic heterocycles. The number of para-hydroxylation sites is 2. The van der Waals surface area contributed by atoms with Crippen molar-refractivity contribution >= 4 is 29.6 Å². The molecule has 35 heavy (non-hydrogen) atoms. The summed E-state index contributed by atoms with van der Waals surface area (Å²) in [7, 11) is 2.64. The van der Waals surface area contributed by atoms with Crippen molar-refractivity contribution in [2.45, 2.75) is 20.8 Å². The molecule has 2 aromatic carbocycles. The molecule has 0 radical (unpaired) electrons. The van der Waals surface area contributed by atoms with E-state index in [9.17, 15) is 14.4 Å². The van der Waals surface area contributed by atoms with Crippen LogP contribution in [0.2, 0.25) is 0 Å². The Hall–Kier alpha value is -4.39. The molecule has 0 aliphatic carbocycles. The van der Waals surface area contributed by atoms with Crippen molar-refractivity contribution in [3.8, 4) is 5.69 Å². The van der Waals surface area contributed by atoms with E-state index in [4.69, 9.17) is 9.47 Å². The van der Waals surface area contributed by atoms with Gasteiger partial charge in [0.25, 0.3) is 5.91 Å². The van der Waals surface area contributed by atoms with E-state index < -0.39 is 11.9 Å². The van der Waals surface area contributed by atoms with Crippen LogP contribution in [0.25, 0.3) is 11.8 Å². The summed E-state index contributed by atoms with van der Waals surface area (Å²) in [5, 5.41) is 0. The number of methoxy groups -OCH3 is 2. The summed E-state index contributed by atoms with van der Waals surface area (Å²) in [6.45, 7) is 5.54. The lowest BCUT2D eigenvalue weighted by molar-refractivity contribution is -0.136. The third-order valence-corrected chi connectivity index (χ3v) is 6.12. The number of carbonyl (C=O) groups excluding carboxylic acids is 3. The third-order valence-electron chi connectivity index (χ3n) is 6.12. The number of ether oxygens (including phenoxy) is 2. The van der Waals surface area contributed by atoms with Gasteiger partial charge in [-0.25, -0.2) is 9.59 Å². The molecular formula is C28H26N2O5. The Balaban J connectivity index is 1.87. The minimum atomic E-state index is -0.578. The zero-order valence-corrected chi connectivity index (χ0v) is 20.3. The van der Waals surface area contributed by atoms with Gasteiger partial charge >= 0.3 is 11.9 Å². The highest BCUT2D eigenvalue weighted by Gasteiger charge is 2.38. The highest BCUT2D eigenvalue weighted by atomic mass is 16.5. The van der Waals surface area contributed by atoms with Gasteiger partial charge in [-0.1, -0.05) is 30.3 Å². The highest BCUT2D eigenvalue weighted by Crippen LogP contribution is 2.36. The number of hydrogen-bond donors (Lipinski definition) is 0. The first-order valence-electron chi connectivity index (χ1n) is 11.1. The van der Waals surface area contributed by atoms with Gasteiger partial charge in [0.1, 0.15) is 0 Å². The van der Waals surface area contributed by atoms with Gasteiger partial charge in [-0.05, 0) is 62.7 Å². The van der Waals surface area contributed by atoms with Gasteiger partial charge < -0.3 is 14.0 Å². The second-order valence-electron chi connectivity index (χ2n) is 8.16. The average Bonchev–Trinajstić information content (AvgIpc) is 3.29. The number of hydrogen-bond acceptors (Lipinski definition) is 5. The summed E-state index contributed by atoms with van der Waals surface area (Å²) in [5.41, 5.74) is 5.14. The number of amides is 1. The number of rotatable bonds is 5. The van der Waals surface area contributed by atoms with Crippen molar-refractivity contribution in [1.29, 1.82) is 0 Å². The maximum atomic E-state index is 13.5. The van der Waals surface area contributed by atoms with Crippen molar-refractivity contribution in [2.75, 3.05) is 19.1 Å². The number of esters is 2. The van der Waals surface area contributed by atoms with E-state index in [2.05, 4.69) is 0 Å². The topological polar surface area (TPSA) is 77.8 Å². The van der Waals surface area contributed by atoms with Crippen LogP contribution in [-0.4, -0.2) is 36.6 Å². The fraction of sp³-hybridized carbons (Fsp3) is 0.179. The summed E-state index contributed by atoms with van der Waals surface area (Å²) in [4.78, 5) is 40.1. The Morgan fingerprint density at radius 2 is 1.49 bits per heavy atom. The fourth-order valence-electron chi connectivity index (χ4n) is 4.48. The molecule has 0 N–H and O–H groups in total.